The number of aromatic nitrogens is 1. The smallest absolute Gasteiger partial charge is 0.143 e. The molecule has 7 rings (SSSR count). The lowest BCUT2D eigenvalue weighted by molar-refractivity contribution is 0.670. The van der Waals surface area contributed by atoms with Gasteiger partial charge in [-0.25, -0.2) is 0 Å². The number of pyridine rings is 1. The predicted octanol–water partition coefficient (Wildman–Crippen LogP) is 8.62. The maximum atomic E-state index is 6.30. The van der Waals surface area contributed by atoms with Crippen LogP contribution in [0.15, 0.2) is 120 Å². The Balaban J connectivity index is 1.48. The van der Waals surface area contributed by atoms with Gasteiger partial charge in [0.1, 0.15) is 11.2 Å². The van der Waals surface area contributed by atoms with E-state index in [1.165, 1.54) is 21.9 Å². The molecule has 0 amide bonds. The Bertz CT molecular complexity index is 1830. The van der Waals surface area contributed by atoms with Crippen LogP contribution in [-0.2, 0) is 0 Å². The lowest BCUT2D eigenvalue weighted by Crippen LogP contribution is -1.87. The van der Waals surface area contributed by atoms with Crippen LogP contribution in [0.4, 0.5) is 0 Å². The van der Waals surface area contributed by atoms with Crippen molar-refractivity contribution in [2.75, 3.05) is 0 Å². The van der Waals surface area contributed by atoms with Gasteiger partial charge in [-0.3, -0.25) is 4.98 Å². The molecule has 154 valence electrons. The fraction of sp³-hybridized carbons (Fsp3) is 0. The topological polar surface area (TPSA) is 26.0 Å². The molecule has 0 aliphatic rings. The van der Waals surface area contributed by atoms with Crippen LogP contribution in [0.25, 0.3) is 65.9 Å². The number of nitrogens with zero attached hydrogens (tertiary/aromatic N) is 1. The molecule has 0 aliphatic carbocycles. The Labute approximate surface area is 190 Å². The zero-order chi connectivity index (χ0) is 21.8. The molecule has 5 aromatic carbocycles. The van der Waals surface area contributed by atoms with Gasteiger partial charge in [0.25, 0.3) is 0 Å². The van der Waals surface area contributed by atoms with Crippen LogP contribution in [0.1, 0.15) is 0 Å². The first kappa shape index (κ1) is 18.2. The number of hydrogen-bond acceptors (Lipinski definition) is 2. The van der Waals surface area contributed by atoms with Crippen LogP contribution < -0.4 is 0 Å². The van der Waals surface area contributed by atoms with Crippen molar-refractivity contribution in [2.24, 2.45) is 0 Å². The molecule has 0 fully saturated rings. The molecule has 2 nitrogen and oxygen atoms in total. The maximum Gasteiger partial charge on any atom is 0.143 e. The maximum absolute atomic E-state index is 6.30. The first-order chi connectivity index (χ1) is 16.4. The van der Waals surface area contributed by atoms with Gasteiger partial charge in [0.2, 0.25) is 0 Å². The van der Waals surface area contributed by atoms with Gasteiger partial charge >= 0.3 is 0 Å². The highest BCUT2D eigenvalue weighted by Gasteiger charge is 2.14. The first-order valence-electron chi connectivity index (χ1n) is 11.1. The van der Waals surface area contributed by atoms with E-state index < -0.39 is 0 Å². The third-order valence-electron chi connectivity index (χ3n) is 6.50. The summed E-state index contributed by atoms with van der Waals surface area (Å²) in [5.41, 5.74) is 7.50. The van der Waals surface area contributed by atoms with E-state index in [1.54, 1.807) is 0 Å². The Hall–Kier alpha value is -4.43. The molecule has 7 aromatic rings. The first-order valence-corrected chi connectivity index (χ1v) is 11.1. The van der Waals surface area contributed by atoms with Crippen molar-refractivity contribution in [2.45, 2.75) is 0 Å². The summed E-state index contributed by atoms with van der Waals surface area (Å²) in [6, 6.07) is 38.3. The molecule has 0 radical (unpaired) electrons. The summed E-state index contributed by atoms with van der Waals surface area (Å²) in [5, 5.41) is 5.84. The normalized spacial score (nSPS) is 11.6. The van der Waals surface area contributed by atoms with Gasteiger partial charge in [-0.1, -0.05) is 91.0 Å². The van der Waals surface area contributed by atoms with Gasteiger partial charge in [-0.2, -0.15) is 0 Å². The van der Waals surface area contributed by atoms with Crippen LogP contribution in [0.5, 0.6) is 0 Å². The summed E-state index contributed by atoms with van der Waals surface area (Å²) in [4.78, 5) is 4.73. The molecule has 2 aromatic heterocycles. The van der Waals surface area contributed by atoms with Crippen LogP contribution in [0, 0.1) is 0 Å². The molecule has 2 heterocycles. The van der Waals surface area contributed by atoms with Gasteiger partial charge in [-0.05, 0) is 40.3 Å². The molecular weight excluding hydrogens is 402 g/mol. The zero-order valence-electron chi connectivity index (χ0n) is 17.8. The SMILES string of the molecule is c1cc(-c2cccc3c2oc2ccccc23)cc(-c2cccc3ccc4cccnc4c23)c1. The number of rotatable bonds is 2. The summed E-state index contributed by atoms with van der Waals surface area (Å²) in [6.45, 7) is 0. The number of para-hydroxylation sites is 2. The average molecular weight is 421 g/mol. The summed E-state index contributed by atoms with van der Waals surface area (Å²) in [6.07, 6.45) is 1.87. The van der Waals surface area contributed by atoms with E-state index in [2.05, 4.69) is 91.0 Å². The minimum absolute atomic E-state index is 0.919. The Morgan fingerprint density at radius 3 is 2.24 bits per heavy atom. The van der Waals surface area contributed by atoms with Gasteiger partial charge in [0.15, 0.2) is 0 Å². The quantitative estimate of drug-likeness (QED) is 0.261. The van der Waals surface area contributed by atoms with Crippen molar-refractivity contribution in [1.29, 1.82) is 0 Å². The highest BCUT2D eigenvalue weighted by molar-refractivity contribution is 6.13. The molecule has 2 heteroatoms. The molecule has 0 unspecified atom stereocenters. The number of hydrogen-bond donors (Lipinski definition) is 0. The van der Waals surface area contributed by atoms with Crippen molar-refractivity contribution >= 4 is 43.6 Å². The largest absolute Gasteiger partial charge is 0.455 e. The molecule has 0 saturated heterocycles. The van der Waals surface area contributed by atoms with E-state index >= 15 is 0 Å². The van der Waals surface area contributed by atoms with E-state index in [1.807, 2.05) is 24.4 Å². The van der Waals surface area contributed by atoms with Crippen molar-refractivity contribution in [3.05, 3.63) is 115 Å². The van der Waals surface area contributed by atoms with Crippen molar-refractivity contribution in [3.8, 4) is 22.3 Å². The summed E-state index contributed by atoms with van der Waals surface area (Å²) in [7, 11) is 0. The fourth-order valence-electron chi connectivity index (χ4n) is 4.98. The van der Waals surface area contributed by atoms with E-state index in [0.29, 0.717) is 0 Å². The van der Waals surface area contributed by atoms with Gasteiger partial charge in [0.05, 0.1) is 5.52 Å². The molecular formula is C31H19NO. The highest BCUT2D eigenvalue weighted by atomic mass is 16.3. The van der Waals surface area contributed by atoms with Gasteiger partial charge in [-0.15, -0.1) is 0 Å². The second-order valence-electron chi connectivity index (χ2n) is 8.41. The number of fused-ring (bicyclic) bond motifs is 6. The minimum Gasteiger partial charge on any atom is -0.455 e. The van der Waals surface area contributed by atoms with Crippen LogP contribution in [-0.4, -0.2) is 4.98 Å². The minimum atomic E-state index is 0.919. The fourth-order valence-corrected chi connectivity index (χ4v) is 4.98. The van der Waals surface area contributed by atoms with Gasteiger partial charge in [0, 0.05) is 33.3 Å². The average Bonchev–Trinajstić information content (AvgIpc) is 3.27. The molecule has 33 heavy (non-hydrogen) atoms. The molecule has 0 N–H and O–H groups in total. The number of furan rings is 1. The summed E-state index contributed by atoms with van der Waals surface area (Å²) in [5.74, 6) is 0. The lowest BCUT2D eigenvalue weighted by atomic mass is 9.93. The third-order valence-corrected chi connectivity index (χ3v) is 6.50. The zero-order valence-corrected chi connectivity index (χ0v) is 17.8. The molecule has 0 saturated carbocycles. The Morgan fingerprint density at radius 1 is 0.545 bits per heavy atom. The van der Waals surface area contributed by atoms with Crippen LogP contribution in [0.2, 0.25) is 0 Å². The van der Waals surface area contributed by atoms with Crippen molar-refractivity contribution in [1.82, 2.24) is 4.98 Å². The second kappa shape index (κ2) is 7.04. The van der Waals surface area contributed by atoms with Crippen molar-refractivity contribution in [3.63, 3.8) is 0 Å². The van der Waals surface area contributed by atoms with E-state index in [9.17, 15) is 0 Å². The Kier molecular flexibility index (Phi) is 3.88. The van der Waals surface area contributed by atoms with E-state index in [4.69, 9.17) is 9.40 Å². The Morgan fingerprint density at radius 2 is 1.27 bits per heavy atom. The predicted molar refractivity (Wildman–Crippen MR) is 137 cm³/mol. The summed E-state index contributed by atoms with van der Waals surface area (Å²) >= 11 is 0. The third kappa shape index (κ3) is 2.78. The number of benzene rings is 5. The second-order valence-corrected chi connectivity index (χ2v) is 8.41. The van der Waals surface area contributed by atoms with E-state index in [0.717, 1.165) is 44.0 Å². The lowest BCUT2D eigenvalue weighted by Gasteiger charge is -2.11. The van der Waals surface area contributed by atoms with E-state index in [-0.39, 0.29) is 0 Å². The molecule has 0 spiro atoms. The van der Waals surface area contributed by atoms with Crippen LogP contribution in [0.3, 0.4) is 0 Å². The molecule has 0 bridgehead atoms. The van der Waals surface area contributed by atoms with Gasteiger partial charge < -0.3 is 4.42 Å². The van der Waals surface area contributed by atoms with Crippen molar-refractivity contribution < 1.29 is 4.42 Å². The summed E-state index contributed by atoms with van der Waals surface area (Å²) < 4.78 is 6.30. The highest BCUT2D eigenvalue weighted by Crippen LogP contribution is 2.38. The van der Waals surface area contributed by atoms with Crippen LogP contribution >= 0.6 is 0 Å². The monoisotopic (exact) mass is 421 g/mol. The molecule has 0 atom stereocenters. The standard InChI is InChI=1S/C31H19NO/c1-2-15-28-26(11-1)27-14-5-13-25(31(27)33-28)23-9-3-8-22(19-23)24-12-4-7-20-16-17-21-10-6-18-32-30(21)29(20)24/h1-19H. The molecule has 0 aliphatic heterocycles.